The fourth-order valence-corrected chi connectivity index (χ4v) is 2.91. The Kier molecular flexibility index (Phi) is 6.94. The molecule has 28 heavy (non-hydrogen) atoms. The number of hydrogen-bond acceptors (Lipinski definition) is 8. The van der Waals surface area contributed by atoms with Gasteiger partial charge in [-0.05, 0) is 50.8 Å². The SMILES string of the molecule is CN1CCCNCCOc2cccc(c2)N=C(N)/N=C(\N)c2ccnc(c2)C1. The first-order valence-electron chi connectivity index (χ1n) is 9.36. The number of aromatic nitrogens is 1. The molecule has 1 aromatic heterocycles. The van der Waals surface area contributed by atoms with E-state index in [1.54, 1.807) is 6.20 Å². The molecule has 2 aromatic rings. The van der Waals surface area contributed by atoms with E-state index < -0.39 is 0 Å². The zero-order valence-corrected chi connectivity index (χ0v) is 16.1. The van der Waals surface area contributed by atoms with Gasteiger partial charge in [0, 0.05) is 30.9 Å². The molecule has 1 aliphatic heterocycles. The minimum absolute atomic E-state index is 0.0877. The van der Waals surface area contributed by atoms with Crippen LogP contribution in [0.2, 0.25) is 0 Å². The summed E-state index contributed by atoms with van der Waals surface area (Å²) in [6.45, 7) is 4.00. The lowest BCUT2D eigenvalue weighted by atomic mass is 10.2. The van der Waals surface area contributed by atoms with Crippen LogP contribution >= 0.6 is 0 Å². The molecule has 0 aliphatic carbocycles. The fraction of sp³-hybridized carbons (Fsp3) is 0.350. The smallest absolute Gasteiger partial charge is 0.222 e. The first kappa shape index (κ1) is 19.8. The second-order valence-corrected chi connectivity index (χ2v) is 6.69. The maximum atomic E-state index is 6.13. The van der Waals surface area contributed by atoms with Crippen LogP contribution in [0.15, 0.2) is 52.6 Å². The number of benzene rings is 1. The minimum atomic E-state index is 0.0877. The topological polar surface area (TPSA) is 114 Å². The number of rotatable bonds is 0. The van der Waals surface area contributed by atoms with Crippen LogP contribution in [-0.2, 0) is 6.54 Å². The first-order chi connectivity index (χ1) is 13.6. The predicted octanol–water partition coefficient (Wildman–Crippen LogP) is 1.24. The monoisotopic (exact) mass is 381 g/mol. The molecule has 3 rings (SSSR count). The van der Waals surface area contributed by atoms with Crippen LogP contribution in [0.1, 0.15) is 17.7 Å². The zero-order chi connectivity index (χ0) is 19.8. The molecule has 0 radical (unpaired) electrons. The summed E-state index contributed by atoms with van der Waals surface area (Å²) in [5.74, 6) is 1.14. The van der Waals surface area contributed by atoms with E-state index in [0.717, 1.165) is 49.6 Å². The first-order valence-corrected chi connectivity index (χ1v) is 9.36. The lowest BCUT2D eigenvalue weighted by molar-refractivity contribution is 0.300. The molecule has 8 heteroatoms. The molecule has 5 N–H and O–H groups in total. The van der Waals surface area contributed by atoms with E-state index in [0.29, 0.717) is 18.1 Å². The largest absolute Gasteiger partial charge is 0.492 e. The van der Waals surface area contributed by atoms with Crippen molar-refractivity contribution in [2.45, 2.75) is 13.0 Å². The van der Waals surface area contributed by atoms with Crippen LogP contribution in [0.25, 0.3) is 0 Å². The molecule has 1 aliphatic rings. The Balaban J connectivity index is 1.86. The second kappa shape index (κ2) is 9.82. The van der Waals surface area contributed by atoms with E-state index in [1.165, 1.54) is 0 Å². The number of nitrogens with two attached hydrogens (primary N) is 2. The highest BCUT2D eigenvalue weighted by Crippen LogP contribution is 2.20. The maximum absolute atomic E-state index is 6.13. The third-order valence-electron chi connectivity index (χ3n) is 4.28. The number of nitrogens with zero attached hydrogens (tertiary/aromatic N) is 4. The van der Waals surface area contributed by atoms with Gasteiger partial charge in [-0.3, -0.25) is 4.98 Å². The standard InChI is InChI=1S/C20H27N7O/c1-27-10-3-7-23-9-11-28-18-5-2-4-16(13-18)25-20(22)26-19(21)15-6-8-24-17(12-15)14-27/h2,4-6,8,12-13,23H,3,7,9-11,14H2,1H3,(H4,21,22,25,26). The van der Waals surface area contributed by atoms with Crippen LogP contribution in [0, 0.1) is 0 Å². The quantitative estimate of drug-likeness (QED) is 0.633. The predicted molar refractivity (Wildman–Crippen MR) is 112 cm³/mol. The highest BCUT2D eigenvalue weighted by atomic mass is 16.5. The molecule has 0 saturated carbocycles. The number of fused-ring (bicyclic) bond motifs is 4. The van der Waals surface area contributed by atoms with Crippen molar-refractivity contribution < 1.29 is 4.74 Å². The van der Waals surface area contributed by atoms with Crippen LogP contribution in [0.5, 0.6) is 5.75 Å². The van der Waals surface area contributed by atoms with Gasteiger partial charge >= 0.3 is 0 Å². The van der Waals surface area contributed by atoms with Crippen molar-refractivity contribution >= 4 is 17.5 Å². The van der Waals surface area contributed by atoms with Gasteiger partial charge in [0.2, 0.25) is 5.96 Å². The van der Waals surface area contributed by atoms with Crippen LogP contribution in [0.3, 0.4) is 0 Å². The molecule has 0 fully saturated rings. The van der Waals surface area contributed by atoms with E-state index in [1.807, 2.05) is 36.4 Å². The number of guanidine groups is 1. The summed E-state index contributed by atoms with van der Waals surface area (Å²) in [6.07, 6.45) is 2.78. The van der Waals surface area contributed by atoms with Crippen molar-refractivity contribution in [3.05, 3.63) is 53.9 Å². The van der Waals surface area contributed by atoms with E-state index in [2.05, 4.69) is 32.2 Å². The number of pyridine rings is 1. The van der Waals surface area contributed by atoms with Gasteiger partial charge in [-0.2, -0.15) is 4.99 Å². The van der Waals surface area contributed by atoms with Crippen LogP contribution < -0.4 is 21.5 Å². The van der Waals surface area contributed by atoms with Crippen molar-refractivity contribution in [1.29, 1.82) is 0 Å². The summed E-state index contributed by atoms with van der Waals surface area (Å²) in [4.78, 5) is 15.2. The lowest BCUT2D eigenvalue weighted by Crippen LogP contribution is -2.27. The summed E-state index contributed by atoms with van der Waals surface area (Å²) in [5.41, 5.74) is 14.5. The van der Waals surface area contributed by atoms with Gasteiger partial charge in [-0.25, -0.2) is 4.99 Å². The van der Waals surface area contributed by atoms with Gasteiger partial charge in [0.05, 0.1) is 11.4 Å². The number of nitrogens with one attached hydrogen (secondary N) is 1. The fourth-order valence-electron chi connectivity index (χ4n) is 2.91. The molecule has 0 atom stereocenters. The van der Waals surface area contributed by atoms with Gasteiger partial charge < -0.3 is 26.4 Å². The van der Waals surface area contributed by atoms with Crippen molar-refractivity contribution in [3.63, 3.8) is 0 Å². The van der Waals surface area contributed by atoms with Gasteiger partial charge in [0.1, 0.15) is 18.2 Å². The summed E-state index contributed by atoms with van der Waals surface area (Å²) >= 11 is 0. The Hall–Kier alpha value is -2.97. The van der Waals surface area contributed by atoms with Crippen molar-refractivity contribution in [1.82, 2.24) is 15.2 Å². The third kappa shape index (κ3) is 6.04. The van der Waals surface area contributed by atoms with Gasteiger partial charge in [-0.1, -0.05) is 6.07 Å². The van der Waals surface area contributed by atoms with Crippen LogP contribution in [0.4, 0.5) is 5.69 Å². The Morgan fingerprint density at radius 1 is 1.11 bits per heavy atom. The molecule has 4 bridgehead atoms. The van der Waals surface area contributed by atoms with Crippen molar-refractivity contribution in [2.24, 2.45) is 21.5 Å². The summed E-state index contributed by atoms with van der Waals surface area (Å²) in [6, 6.07) is 11.2. The van der Waals surface area contributed by atoms with Crippen molar-refractivity contribution in [3.8, 4) is 5.75 Å². The molecule has 148 valence electrons. The molecule has 2 heterocycles. The highest BCUT2D eigenvalue weighted by Gasteiger charge is 2.06. The maximum Gasteiger partial charge on any atom is 0.222 e. The molecule has 0 amide bonds. The van der Waals surface area contributed by atoms with E-state index in [9.17, 15) is 0 Å². The molecule has 0 unspecified atom stereocenters. The van der Waals surface area contributed by atoms with Gasteiger partial charge in [0.15, 0.2) is 0 Å². The third-order valence-corrected chi connectivity index (χ3v) is 4.28. The van der Waals surface area contributed by atoms with E-state index in [4.69, 9.17) is 16.2 Å². The number of ether oxygens (including phenoxy) is 1. The summed E-state index contributed by atoms with van der Waals surface area (Å²) < 4.78 is 5.77. The zero-order valence-electron chi connectivity index (χ0n) is 16.1. The highest BCUT2D eigenvalue weighted by molar-refractivity contribution is 6.04. The number of hydrogen-bond donors (Lipinski definition) is 3. The normalized spacial score (nSPS) is 19.2. The average Bonchev–Trinajstić information content (AvgIpc) is 2.67. The summed E-state index contributed by atoms with van der Waals surface area (Å²) in [5, 5.41) is 3.40. The lowest BCUT2D eigenvalue weighted by Gasteiger charge is -2.16. The average molecular weight is 381 g/mol. The van der Waals surface area contributed by atoms with Gasteiger partial charge in [0.25, 0.3) is 0 Å². The number of aliphatic imine (C=N–C) groups is 2. The molecule has 1 aromatic carbocycles. The molecule has 0 spiro atoms. The van der Waals surface area contributed by atoms with Crippen LogP contribution in [-0.4, -0.2) is 55.0 Å². The Morgan fingerprint density at radius 2 is 2.00 bits per heavy atom. The minimum Gasteiger partial charge on any atom is -0.492 e. The van der Waals surface area contributed by atoms with Crippen molar-refractivity contribution in [2.75, 3.05) is 33.3 Å². The molecule has 8 nitrogen and oxygen atoms in total. The Morgan fingerprint density at radius 3 is 2.89 bits per heavy atom. The summed E-state index contributed by atoms with van der Waals surface area (Å²) in [7, 11) is 2.08. The van der Waals surface area contributed by atoms with Gasteiger partial charge in [-0.15, -0.1) is 0 Å². The molecule has 0 saturated heterocycles. The Bertz CT molecular complexity index is 850. The van der Waals surface area contributed by atoms with E-state index >= 15 is 0 Å². The Labute approximate surface area is 165 Å². The molecular weight excluding hydrogens is 354 g/mol. The number of amidine groups is 1. The molecular formula is C20H27N7O. The second-order valence-electron chi connectivity index (χ2n) is 6.69. The van der Waals surface area contributed by atoms with E-state index in [-0.39, 0.29) is 5.96 Å².